The number of rotatable bonds is 4. The first-order valence-corrected chi connectivity index (χ1v) is 23.2. The number of benzene rings is 9. The smallest absolute Gasteiger partial charge is 0.0541 e. The zero-order valence-electron chi connectivity index (χ0n) is 37.9. The molecule has 0 fully saturated rings. The summed E-state index contributed by atoms with van der Waals surface area (Å²) in [4.78, 5) is 2.58. The molecule has 2 aliphatic carbocycles. The Balaban J connectivity index is 0.983. The van der Waals surface area contributed by atoms with Crippen LogP contribution in [0.3, 0.4) is 0 Å². The number of fused-ring (bicyclic) bond motifs is 11. The summed E-state index contributed by atoms with van der Waals surface area (Å²) in [7, 11) is 0. The molecule has 0 bridgehead atoms. The molecule has 0 atom stereocenters. The van der Waals surface area contributed by atoms with E-state index in [0.29, 0.717) is 0 Å². The molecule has 2 nitrogen and oxygen atoms in total. The second-order valence-electron chi connectivity index (χ2n) is 20.2. The molecule has 3 aliphatic rings. The van der Waals surface area contributed by atoms with Gasteiger partial charge in [0.25, 0.3) is 0 Å². The first-order chi connectivity index (χ1) is 31.5. The van der Waals surface area contributed by atoms with Gasteiger partial charge in [-0.2, -0.15) is 0 Å². The predicted molar refractivity (Wildman–Crippen MR) is 274 cm³/mol. The molecule has 1 aliphatic heterocycles. The van der Waals surface area contributed by atoms with Crippen LogP contribution < -0.4 is 4.90 Å². The molecule has 0 spiro atoms. The van der Waals surface area contributed by atoms with Gasteiger partial charge >= 0.3 is 0 Å². The van der Waals surface area contributed by atoms with Crippen LogP contribution in [0.5, 0.6) is 0 Å². The fraction of sp³-hybridized carbons (Fsp3) is 0.143. The lowest BCUT2D eigenvalue weighted by Crippen LogP contribution is -2.31. The zero-order chi connectivity index (χ0) is 44.0. The molecule has 13 rings (SSSR count). The molecule has 0 unspecified atom stereocenters. The van der Waals surface area contributed by atoms with Crippen molar-refractivity contribution >= 4 is 38.9 Å². The maximum absolute atomic E-state index is 2.58. The fourth-order valence-electron chi connectivity index (χ4n) is 12.1. The number of nitrogens with zero attached hydrogens (tertiary/aromatic N) is 2. The molecule has 312 valence electrons. The van der Waals surface area contributed by atoms with Crippen molar-refractivity contribution in [2.75, 3.05) is 4.90 Å². The van der Waals surface area contributed by atoms with Crippen LogP contribution >= 0.6 is 0 Å². The molecule has 10 aromatic rings. The van der Waals surface area contributed by atoms with Gasteiger partial charge in [0.2, 0.25) is 0 Å². The highest BCUT2D eigenvalue weighted by molar-refractivity contribution is 6.10. The van der Waals surface area contributed by atoms with Gasteiger partial charge in [-0.05, 0) is 145 Å². The van der Waals surface area contributed by atoms with Crippen molar-refractivity contribution in [3.8, 4) is 50.2 Å². The number of aromatic nitrogens is 1. The summed E-state index contributed by atoms with van der Waals surface area (Å²) in [6.07, 6.45) is 0. The van der Waals surface area contributed by atoms with Crippen LogP contribution in [0.25, 0.3) is 72.0 Å². The third-order valence-electron chi connectivity index (χ3n) is 15.6. The third-order valence-corrected chi connectivity index (χ3v) is 15.6. The molecule has 0 N–H and O–H groups in total. The van der Waals surface area contributed by atoms with Gasteiger partial charge < -0.3 is 9.47 Å². The number of hydrogen-bond donors (Lipinski definition) is 0. The summed E-state index contributed by atoms with van der Waals surface area (Å²) < 4.78 is 2.42. The standard InChI is InChI=1S/C63H50N2/c1-61(2)51-21-13-10-18-45(51)47-31-30-44(36-53(47)61)65-59-33-27-42(35-55(59)63(5,6)56-37-49-46-19-11-14-22-52(46)62(3,4)54(49)38-60(56)65)41-26-32-58-50(34-41)48-20-12-15-23-57(48)64(58)43-28-24-40(25-29-43)39-16-8-7-9-17-39/h7-38H,1-6H3. The summed E-state index contributed by atoms with van der Waals surface area (Å²) >= 11 is 0. The Morgan fingerprint density at radius 2 is 0.815 bits per heavy atom. The van der Waals surface area contributed by atoms with E-state index in [1.54, 1.807) is 0 Å². The normalized spacial score (nSPS) is 15.6. The first kappa shape index (κ1) is 38.1. The van der Waals surface area contributed by atoms with Gasteiger partial charge in [-0.25, -0.2) is 0 Å². The quantitative estimate of drug-likeness (QED) is 0.171. The van der Waals surface area contributed by atoms with Gasteiger partial charge in [0, 0.05) is 38.4 Å². The van der Waals surface area contributed by atoms with Crippen molar-refractivity contribution in [1.82, 2.24) is 4.57 Å². The first-order valence-electron chi connectivity index (χ1n) is 23.2. The van der Waals surface area contributed by atoms with Crippen molar-refractivity contribution in [3.63, 3.8) is 0 Å². The van der Waals surface area contributed by atoms with Crippen molar-refractivity contribution in [2.45, 2.75) is 57.8 Å². The Kier molecular flexibility index (Phi) is 7.80. The van der Waals surface area contributed by atoms with Crippen LogP contribution in [0.2, 0.25) is 0 Å². The zero-order valence-corrected chi connectivity index (χ0v) is 37.9. The average Bonchev–Trinajstić information content (AvgIpc) is 3.87. The van der Waals surface area contributed by atoms with E-state index in [1.807, 2.05) is 0 Å². The van der Waals surface area contributed by atoms with Crippen molar-refractivity contribution in [1.29, 1.82) is 0 Å². The van der Waals surface area contributed by atoms with Crippen LogP contribution in [0, 0.1) is 0 Å². The maximum atomic E-state index is 2.58. The molecular formula is C63H50N2. The Morgan fingerprint density at radius 3 is 1.57 bits per heavy atom. The third kappa shape index (κ3) is 5.29. The molecule has 0 radical (unpaired) electrons. The van der Waals surface area contributed by atoms with Gasteiger partial charge in [0.15, 0.2) is 0 Å². The van der Waals surface area contributed by atoms with E-state index in [2.05, 4.69) is 245 Å². The summed E-state index contributed by atoms with van der Waals surface area (Å²) in [5.41, 5.74) is 25.4. The molecule has 2 heterocycles. The van der Waals surface area contributed by atoms with E-state index in [0.717, 1.165) is 5.69 Å². The van der Waals surface area contributed by atoms with E-state index >= 15 is 0 Å². The fourth-order valence-corrected chi connectivity index (χ4v) is 12.1. The van der Waals surface area contributed by atoms with Gasteiger partial charge in [-0.1, -0.05) is 169 Å². The largest absolute Gasteiger partial charge is 0.310 e. The number of para-hydroxylation sites is 1. The lowest BCUT2D eigenvalue weighted by Gasteiger charge is -2.43. The summed E-state index contributed by atoms with van der Waals surface area (Å²) in [5, 5.41) is 2.52. The summed E-state index contributed by atoms with van der Waals surface area (Å²) in [6, 6.07) is 73.1. The molecule has 9 aromatic carbocycles. The van der Waals surface area contributed by atoms with E-state index < -0.39 is 0 Å². The maximum Gasteiger partial charge on any atom is 0.0541 e. The Hall–Kier alpha value is -7.42. The lowest BCUT2D eigenvalue weighted by atomic mass is 9.71. The molecule has 65 heavy (non-hydrogen) atoms. The highest BCUT2D eigenvalue weighted by Crippen LogP contribution is 2.59. The van der Waals surface area contributed by atoms with E-state index in [-0.39, 0.29) is 16.2 Å². The van der Waals surface area contributed by atoms with Crippen LogP contribution in [0.4, 0.5) is 17.1 Å². The number of hydrogen-bond acceptors (Lipinski definition) is 1. The molecule has 0 saturated carbocycles. The van der Waals surface area contributed by atoms with Crippen LogP contribution in [-0.4, -0.2) is 4.57 Å². The highest BCUT2D eigenvalue weighted by atomic mass is 15.2. The predicted octanol–water partition coefficient (Wildman–Crippen LogP) is 16.8. The number of anilines is 3. The van der Waals surface area contributed by atoms with Crippen LogP contribution in [0.15, 0.2) is 194 Å². The minimum Gasteiger partial charge on any atom is -0.310 e. The SMILES string of the molecule is CC1(C)c2ccccc2-c2ccc(N3c4ccc(-c5ccc6c(c5)c5ccccc5n6-c5ccc(-c6ccccc6)cc5)cc4C(C)(C)c4cc5c(cc43)C(C)(C)c3ccccc3-5)cc21. The second kappa shape index (κ2) is 13.3. The monoisotopic (exact) mass is 834 g/mol. The Labute approximate surface area is 382 Å². The Bertz CT molecular complexity index is 3620. The molecular weight excluding hydrogens is 785 g/mol. The van der Waals surface area contributed by atoms with Gasteiger partial charge in [0.1, 0.15) is 0 Å². The van der Waals surface area contributed by atoms with Gasteiger partial charge in [-0.15, -0.1) is 0 Å². The minimum atomic E-state index is -0.286. The molecule has 0 amide bonds. The average molecular weight is 835 g/mol. The van der Waals surface area contributed by atoms with E-state index in [1.165, 1.54) is 117 Å². The summed E-state index contributed by atoms with van der Waals surface area (Å²) in [6.45, 7) is 14.4. The van der Waals surface area contributed by atoms with Crippen molar-refractivity contribution < 1.29 is 0 Å². The van der Waals surface area contributed by atoms with Gasteiger partial charge in [-0.3, -0.25) is 0 Å². The highest BCUT2D eigenvalue weighted by Gasteiger charge is 2.43. The van der Waals surface area contributed by atoms with Gasteiger partial charge in [0.05, 0.1) is 22.4 Å². The summed E-state index contributed by atoms with van der Waals surface area (Å²) in [5.74, 6) is 0. The van der Waals surface area contributed by atoms with E-state index in [9.17, 15) is 0 Å². The topological polar surface area (TPSA) is 8.17 Å². The van der Waals surface area contributed by atoms with Crippen LogP contribution in [0.1, 0.15) is 74.9 Å². The molecule has 2 heteroatoms. The van der Waals surface area contributed by atoms with Crippen molar-refractivity contribution in [2.24, 2.45) is 0 Å². The molecule has 1 aromatic heterocycles. The lowest BCUT2D eigenvalue weighted by molar-refractivity contribution is 0.627. The van der Waals surface area contributed by atoms with E-state index in [4.69, 9.17) is 0 Å². The second-order valence-corrected chi connectivity index (χ2v) is 20.2. The minimum absolute atomic E-state index is 0.110. The molecule has 0 saturated heterocycles. The Morgan fingerprint density at radius 1 is 0.292 bits per heavy atom. The van der Waals surface area contributed by atoms with Crippen LogP contribution in [-0.2, 0) is 16.2 Å². The van der Waals surface area contributed by atoms with Crippen molar-refractivity contribution in [3.05, 3.63) is 228 Å².